The first-order valence-electron chi connectivity index (χ1n) is 6.86. The van der Waals surface area contributed by atoms with E-state index in [4.69, 9.17) is 4.74 Å². The maximum atomic E-state index is 11.8. The number of methoxy groups -OCH3 is 1. The van der Waals surface area contributed by atoms with E-state index in [1.165, 1.54) is 7.11 Å². The van der Waals surface area contributed by atoms with Crippen molar-refractivity contribution in [1.82, 2.24) is 5.32 Å². The molecule has 118 valence electrons. The molecule has 0 aliphatic carbocycles. The second-order valence-electron chi connectivity index (χ2n) is 5.97. The molecule has 2 N–H and O–H groups in total. The van der Waals surface area contributed by atoms with E-state index in [9.17, 15) is 14.7 Å². The van der Waals surface area contributed by atoms with Gasteiger partial charge in [-0.3, -0.25) is 0 Å². The number of carbonyl (C=O) groups excluding carboxylic acids is 2. The van der Waals surface area contributed by atoms with Crippen molar-refractivity contribution in [1.29, 1.82) is 0 Å². The Labute approximate surface area is 120 Å². The van der Waals surface area contributed by atoms with Crippen molar-refractivity contribution in [3.05, 3.63) is 0 Å². The van der Waals surface area contributed by atoms with Gasteiger partial charge in [0.1, 0.15) is 5.60 Å². The average molecular weight is 289 g/mol. The van der Waals surface area contributed by atoms with Crippen LogP contribution in [-0.4, -0.2) is 42.0 Å². The molecule has 6 heteroatoms. The van der Waals surface area contributed by atoms with Crippen molar-refractivity contribution in [3.8, 4) is 0 Å². The smallest absolute Gasteiger partial charge is 0.407 e. The van der Waals surface area contributed by atoms with E-state index < -0.39 is 29.8 Å². The molecule has 0 saturated carbocycles. The third-order valence-corrected chi connectivity index (χ3v) is 2.88. The Bertz CT molecular complexity index is 324. The maximum absolute atomic E-state index is 11.8. The van der Waals surface area contributed by atoms with Gasteiger partial charge in [-0.1, -0.05) is 20.3 Å². The van der Waals surface area contributed by atoms with Crippen LogP contribution in [-0.2, 0) is 14.3 Å². The molecule has 0 aromatic carbocycles. The molecule has 0 fully saturated rings. The summed E-state index contributed by atoms with van der Waals surface area (Å²) in [4.78, 5) is 23.2. The normalized spacial score (nSPS) is 15.9. The fraction of sp³-hybridized carbons (Fsp3) is 0.857. The molecule has 0 radical (unpaired) electrons. The SMILES string of the molecule is CCC(C)C[C@H](NC(=O)OC(C)(C)C)C(O)C(=O)OC. The lowest BCUT2D eigenvalue weighted by Crippen LogP contribution is -2.49. The quantitative estimate of drug-likeness (QED) is 0.729. The summed E-state index contributed by atoms with van der Waals surface area (Å²) in [6, 6.07) is -0.729. The van der Waals surface area contributed by atoms with E-state index in [0.29, 0.717) is 6.42 Å². The number of aliphatic hydroxyl groups is 1. The highest BCUT2D eigenvalue weighted by molar-refractivity contribution is 5.76. The standard InChI is InChI=1S/C14H27NO5/c1-7-9(2)8-10(11(16)12(17)19-6)15-13(18)20-14(3,4)5/h9-11,16H,7-8H2,1-6H3,(H,15,18)/t9?,10-,11?/m0/s1. The number of aliphatic hydroxyl groups excluding tert-OH is 1. The number of alkyl carbamates (subject to hydrolysis) is 1. The van der Waals surface area contributed by atoms with Gasteiger partial charge in [0.05, 0.1) is 13.2 Å². The Kier molecular flexibility index (Phi) is 7.57. The molecular weight excluding hydrogens is 262 g/mol. The van der Waals surface area contributed by atoms with Crippen molar-refractivity contribution < 1.29 is 24.2 Å². The lowest BCUT2D eigenvalue weighted by Gasteiger charge is -2.27. The molecule has 0 rings (SSSR count). The van der Waals surface area contributed by atoms with E-state index >= 15 is 0 Å². The highest BCUT2D eigenvalue weighted by Crippen LogP contribution is 2.14. The Morgan fingerprint density at radius 3 is 2.25 bits per heavy atom. The van der Waals surface area contributed by atoms with Gasteiger partial charge in [-0.15, -0.1) is 0 Å². The van der Waals surface area contributed by atoms with E-state index in [2.05, 4.69) is 10.1 Å². The topological polar surface area (TPSA) is 84.9 Å². The molecule has 20 heavy (non-hydrogen) atoms. The van der Waals surface area contributed by atoms with Gasteiger partial charge in [0, 0.05) is 0 Å². The van der Waals surface area contributed by atoms with Crippen LogP contribution >= 0.6 is 0 Å². The summed E-state index contributed by atoms with van der Waals surface area (Å²) in [5, 5.41) is 12.5. The first-order chi connectivity index (χ1) is 9.10. The van der Waals surface area contributed by atoms with Gasteiger partial charge in [0.25, 0.3) is 0 Å². The summed E-state index contributed by atoms with van der Waals surface area (Å²) in [6.45, 7) is 9.21. The van der Waals surface area contributed by atoms with Crippen molar-refractivity contribution >= 4 is 12.1 Å². The first-order valence-corrected chi connectivity index (χ1v) is 6.86. The number of amides is 1. The molecule has 0 aromatic heterocycles. The fourth-order valence-corrected chi connectivity index (χ4v) is 1.61. The number of carbonyl (C=O) groups is 2. The van der Waals surface area contributed by atoms with Gasteiger partial charge in [0.2, 0.25) is 0 Å². The van der Waals surface area contributed by atoms with Crippen LogP contribution in [0.3, 0.4) is 0 Å². The molecule has 0 heterocycles. The summed E-state index contributed by atoms with van der Waals surface area (Å²) in [6.07, 6.45) is -0.720. The molecule has 0 saturated heterocycles. The van der Waals surface area contributed by atoms with E-state index in [1.807, 2.05) is 13.8 Å². The van der Waals surface area contributed by atoms with Crippen LogP contribution in [0.1, 0.15) is 47.5 Å². The zero-order chi connectivity index (χ0) is 15.9. The van der Waals surface area contributed by atoms with Crippen LogP contribution in [0.2, 0.25) is 0 Å². The highest BCUT2D eigenvalue weighted by Gasteiger charge is 2.30. The Morgan fingerprint density at radius 2 is 1.85 bits per heavy atom. The van der Waals surface area contributed by atoms with Crippen molar-refractivity contribution in [3.63, 3.8) is 0 Å². The van der Waals surface area contributed by atoms with Crippen LogP contribution in [0.25, 0.3) is 0 Å². The monoisotopic (exact) mass is 289 g/mol. The lowest BCUT2D eigenvalue weighted by atomic mass is 9.96. The second kappa shape index (κ2) is 8.09. The molecule has 1 amide bonds. The van der Waals surface area contributed by atoms with Crippen molar-refractivity contribution in [2.45, 2.75) is 65.2 Å². The first kappa shape index (κ1) is 18.7. The van der Waals surface area contributed by atoms with Crippen LogP contribution in [0.15, 0.2) is 0 Å². The van der Waals surface area contributed by atoms with Crippen LogP contribution < -0.4 is 5.32 Å². The number of hydrogen-bond acceptors (Lipinski definition) is 5. The van der Waals surface area contributed by atoms with Crippen molar-refractivity contribution in [2.24, 2.45) is 5.92 Å². The number of rotatable bonds is 6. The van der Waals surface area contributed by atoms with Gasteiger partial charge >= 0.3 is 12.1 Å². The molecule has 0 aliphatic rings. The van der Waals surface area contributed by atoms with Crippen LogP contribution in [0.5, 0.6) is 0 Å². The minimum Gasteiger partial charge on any atom is -0.467 e. The summed E-state index contributed by atoms with van der Waals surface area (Å²) < 4.78 is 9.64. The molecule has 0 spiro atoms. The third-order valence-electron chi connectivity index (χ3n) is 2.88. The predicted octanol–water partition coefficient (Wildman–Crippen LogP) is 1.85. The fourth-order valence-electron chi connectivity index (χ4n) is 1.61. The molecule has 0 bridgehead atoms. The minimum atomic E-state index is -1.40. The number of esters is 1. The lowest BCUT2D eigenvalue weighted by molar-refractivity contribution is -0.152. The van der Waals surface area contributed by atoms with Gasteiger partial charge < -0.3 is 19.9 Å². The highest BCUT2D eigenvalue weighted by atomic mass is 16.6. The zero-order valence-electron chi connectivity index (χ0n) is 13.2. The third kappa shape index (κ3) is 7.33. The Morgan fingerprint density at radius 1 is 1.30 bits per heavy atom. The van der Waals surface area contributed by atoms with E-state index in [0.717, 1.165) is 6.42 Å². The van der Waals surface area contributed by atoms with Gasteiger partial charge in [-0.05, 0) is 33.1 Å². The second-order valence-corrected chi connectivity index (χ2v) is 5.97. The molecule has 3 atom stereocenters. The zero-order valence-corrected chi connectivity index (χ0v) is 13.2. The van der Waals surface area contributed by atoms with Crippen LogP contribution in [0.4, 0.5) is 4.79 Å². The summed E-state index contributed by atoms with van der Waals surface area (Å²) >= 11 is 0. The van der Waals surface area contributed by atoms with E-state index in [-0.39, 0.29) is 5.92 Å². The average Bonchev–Trinajstić information content (AvgIpc) is 2.33. The van der Waals surface area contributed by atoms with E-state index in [1.54, 1.807) is 20.8 Å². The summed E-state index contributed by atoms with van der Waals surface area (Å²) in [5.41, 5.74) is -0.638. The Hall–Kier alpha value is -1.30. The molecular formula is C14H27NO5. The molecule has 6 nitrogen and oxygen atoms in total. The number of hydrogen-bond donors (Lipinski definition) is 2. The van der Waals surface area contributed by atoms with Crippen molar-refractivity contribution in [2.75, 3.05) is 7.11 Å². The minimum absolute atomic E-state index is 0.245. The largest absolute Gasteiger partial charge is 0.467 e. The Balaban J connectivity index is 4.76. The van der Waals surface area contributed by atoms with Crippen LogP contribution in [0, 0.1) is 5.92 Å². The molecule has 2 unspecified atom stereocenters. The van der Waals surface area contributed by atoms with Gasteiger partial charge in [-0.2, -0.15) is 0 Å². The number of nitrogens with one attached hydrogen (secondary N) is 1. The molecule has 0 aliphatic heterocycles. The summed E-state index contributed by atoms with van der Waals surface area (Å²) in [5.74, 6) is -0.524. The molecule has 0 aromatic rings. The van der Waals surface area contributed by atoms with Gasteiger partial charge in [0.15, 0.2) is 6.10 Å². The maximum Gasteiger partial charge on any atom is 0.407 e. The number of ether oxygens (including phenoxy) is 2. The predicted molar refractivity (Wildman–Crippen MR) is 75.3 cm³/mol. The summed E-state index contributed by atoms with van der Waals surface area (Å²) in [7, 11) is 1.19. The van der Waals surface area contributed by atoms with Gasteiger partial charge in [-0.25, -0.2) is 9.59 Å².